The molecule has 4 aromatic rings. The summed E-state index contributed by atoms with van der Waals surface area (Å²) < 4.78 is 5.85. The fourth-order valence-corrected chi connectivity index (χ4v) is 6.65. The lowest BCUT2D eigenvalue weighted by Gasteiger charge is -2.41. The van der Waals surface area contributed by atoms with Gasteiger partial charge in [0.05, 0.1) is 29.3 Å². The highest BCUT2D eigenvalue weighted by atomic mass is 32.1. The largest absolute Gasteiger partial charge is 0.378 e. The smallest absolute Gasteiger partial charge is 0.142 e. The molecule has 33 heavy (non-hydrogen) atoms. The highest BCUT2D eigenvalue weighted by Gasteiger charge is 2.35. The molecular weight excluding hydrogens is 436 g/mol. The van der Waals surface area contributed by atoms with Gasteiger partial charge < -0.3 is 15.2 Å². The first-order valence-corrected chi connectivity index (χ1v) is 12.4. The number of aromatic nitrogens is 4. The lowest BCUT2D eigenvalue weighted by Crippen LogP contribution is -2.53. The van der Waals surface area contributed by atoms with Crippen molar-refractivity contribution in [2.24, 2.45) is 5.92 Å². The maximum absolute atomic E-state index is 11.2. The lowest BCUT2D eigenvalue weighted by molar-refractivity contribution is -0.136. The molecule has 4 unspecified atom stereocenters. The zero-order chi connectivity index (χ0) is 22.5. The molecule has 1 fully saturated rings. The Morgan fingerprint density at radius 2 is 2.09 bits per heavy atom. The van der Waals surface area contributed by atoms with Crippen molar-refractivity contribution >= 4 is 44.0 Å². The van der Waals surface area contributed by atoms with Crippen LogP contribution in [0.3, 0.4) is 0 Å². The standard InChI is InChI=1S/C24H28N6O2S/c1-13-10-30(11-14(2)32-13)24(31)15-3-5-18-20(8-15)33-23-21(18)22(25-12-26-23)28-17-4-6-19-16(7-17)9-27-29-19/h4,6-7,9,12-15,24,31H,3,5,8,10-11H2,1-2H3,(H,27,29)(H,25,26,28). The molecule has 0 spiro atoms. The molecule has 0 saturated carbocycles. The van der Waals surface area contributed by atoms with Crippen LogP contribution in [0, 0.1) is 5.92 Å². The van der Waals surface area contributed by atoms with Crippen molar-refractivity contribution in [2.75, 3.05) is 18.4 Å². The van der Waals surface area contributed by atoms with Crippen LogP contribution >= 0.6 is 11.3 Å². The summed E-state index contributed by atoms with van der Waals surface area (Å²) in [7, 11) is 0. The number of H-pyrrole nitrogens is 1. The van der Waals surface area contributed by atoms with Crippen molar-refractivity contribution in [3.63, 3.8) is 0 Å². The fourth-order valence-electron chi connectivity index (χ4n) is 5.37. The van der Waals surface area contributed by atoms with E-state index < -0.39 is 6.23 Å². The number of thiophene rings is 1. The number of morpholine rings is 1. The molecule has 8 nitrogen and oxygen atoms in total. The van der Waals surface area contributed by atoms with Crippen LogP contribution in [0.25, 0.3) is 21.1 Å². The van der Waals surface area contributed by atoms with E-state index in [2.05, 4.69) is 50.3 Å². The summed E-state index contributed by atoms with van der Waals surface area (Å²) in [6.07, 6.45) is 6.06. The van der Waals surface area contributed by atoms with Crippen LogP contribution < -0.4 is 5.32 Å². The number of rotatable bonds is 4. The van der Waals surface area contributed by atoms with Crippen LogP contribution in [0.4, 0.5) is 11.5 Å². The maximum atomic E-state index is 11.2. The fraction of sp³-hybridized carbons (Fsp3) is 0.458. The van der Waals surface area contributed by atoms with Crippen molar-refractivity contribution in [3.8, 4) is 0 Å². The average Bonchev–Trinajstić information content (AvgIpc) is 3.41. The van der Waals surface area contributed by atoms with Crippen LogP contribution in [-0.2, 0) is 17.6 Å². The van der Waals surface area contributed by atoms with Crippen molar-refractivity contribution in [1.29, 1.82) is 0 Å². The molecule has 9 heteroatoms. The molecule has 3 N–H and O–H groups in total. The van der Waals surface area contributed by atoms with E-state index in [1.807, 2.05) is 18.3 Å². The number of fused-ring (bicyclic) bond motifs is 4. The number of aryl methyl sites for hydroxylation is 1. The van der Waals surface area contributed by atoms with Crippen molar-refractivity contribution in [2.45, 2.75) is 51.5 Å². The van der Waals surface area contributed by atoms with E-state index in [4.69, 9.17) is 4.74 Å². The monoisotopic (exact) mass is 464 g/mol. The number of aliphatic hydroxyl groups is 1. The molecule has 0 radical (unpaired) electrons. The van der Waals surface area contributed by atoms with Gasteiger partial charge in [-0.1, -0.05) is 0 Å². The molecule has 1 aromatic carbocycles. The molecule has 1 aliphatic heterocycles. The summed E-state index contributed by atoms with van der Waals surface area (Å²) in [5.41, 5.74) is 3.31. The van der Waals surface area contributed by atoms with Crippen molar-refractivity contribution in [3.05, 3.63) is 41.2 Å². The van der Waals surface area contributed by atoms with Crippen molar-refractivity contribution in [1.82, 2.24) is 25.1 Å². The number of benzene rings is 1. The summed E-state index contributed by atoms with van der Waals surface area (Å²) in [6, 6.07) is 6.12. The Kier molecular flexibility index (Phi) is 5.29. The zero-order valence-electron chi connectivity index (χ0n) is 18.8. The molecule has 4 atom stereocenters. The van der Waals surface area contributed by atoms with Gasteiger partial charge in [-0.25, -0.2) is 9.97 Å². The Balaban J connectivity index is 1.27. The minimum atomic E-state index is -0.442. The van der Waals surface area contributed by atoms with Gasteiger partial charge in [0.15, 0.2) is 0 Å². The Labute approximate surface area is 196 Å². The van der Waals surface area contributed by atoms with Gasteiger partial charge in [-0.15, -0.1) is 11.3 Å². The van der Waals surface area contributed by atoms with Crippen LogP contribution in [0.5, 0.6) is 0 Å². The minimum Gasteiger partial charge on any atom is -0.378 e. The van der Waals surface area contributed by atoms with Gasteiger partial charge in [-0.05, 0) is 56.9 Å². The Morgan fingerprint density at radius 1 is 1.24 bits per heavy atom. The number of nitrogens with zero attached hydrogens (tertiary/aromatic N) is 4. The Morgan fingerprint density at radius 3 is 2.94 bits per heavy atom. The number of ether oxygens (including phenoxy) is 1. The van der Waals surface area contributed by atoms with E-state index in [-0.39, 0.29) is 18.1 Å². The second kappa shape index (κ2) is 8.32. The lowest BCUT2D eigenvalue weighted by atomic mass is 9.86. The number of nitrogens with one attached hydrogen (secondary N) is 2. The van der Waals surface area contributed by atoms with Gasteiger partial charge >= 0.3 is 0 Å². The molecule has 0 bridgehead atoms. The highest BCUT2D eigenvalue weighted by Crippen LogP contribution is 2.41. The molecule has 2 aliphatic rings. The SMILES string of the molecule is CC1CN(C(O)C2CCc3c(sc4ncnc(Nc5ccc6[nH]ncc6c5)c34)C2)CC(C)O1. The minimum absolute atomic E-state index is 0.150. The van der Waals surface area contributed by atoms with Gasteiger partial charge in [0.2, 0.25) is 0 Å². The maximum Gasteiger partial charge on any atom is 0.142 e. The average molecular weight is 465 g/mol. The van der Waals surface area contributed by atoms with E-state index in [1.54, 1.807) is 17.7 Å². The summed E-state index contributed by atoms with van der Waals surface area (Å²) in [5.74, 6) is 1.06. The zero-order valence-corrected chi connectivity index (χ0v) is 19.6. The van der Waals surface area contributed by atoms with Crippen LogP contribution in [0.15, 0.2) is 30.7 Å². The predicted octanol–water partition coefficient (Wildman–Crippen LogP) is 3.84. The molecule has 172 valence electrons. The molecule has 6 rings (SSSR count). The van der Waals surface area contributed by atoms with E-state index in [0.717, 1.165) is 65.0 Å². The summed E-state index contributed by atoms with van der Waals surface area (Å²) in [4.78, 5) is 13.7. The summed E-state index contributed by atoms with van der Waals surface area (Å²) in [5, 5.41) is 23.9. The topological polar surface area (TPSA) is 99.2 Å². The summed E-state index contributed by atoms with van der Waals surface area (Å²) >= 11 is 1.74. The van der Waals surface area contributed by atoms with E-state index in [0.29, 0.717) is 0 Å². The van der Waals surface area contributed by atoms with Gasteiger partial charge in [0.25, 0.3) is 0 Å². The normalized spacial score (nSPS) is 24.8. The van der Waals surface area contributed by atoms with Crippen LogP contribution in [-0.4, -0.2) is 61.7 Å². The molecule has 4 heterocycles. The first-order chi connectivity index (χ1) is 16.0. The first kappa shape index (κ1) is 21.0. The van der Waals surface area contributed by atoms with Gasteiger partial charge in [-0.2, -0.15) is 5.10 Å². The third-order valence-electron chi connectivity index (χ3n) is 6.83. The second-order valence-corrected chi connectivity index (χ2v) is 10.4. The highest BCUT2D eigenvalue weighted by molar-refractivity contribution is 7.19. The van der Waals surface area contributed by atoms with Crippen LogP contribution in [0.1, 0.15) is 30.7 Å². The molecule has 1 saturated heterocycles. The van der Waals surface area contributed by atoms with Crippen molar-refractivity contribution < 1.29 is 9.84 Å². The van der Waals surface area contributed by atoms with Gasteiger partial charge in [0, 0.05) is 35.0 Å². The molecule has 3 aromatic heterocycles. The number of hydrogen-bond donors (Lipinski definition) is 3. The first-order valence-electron chi connectivity index (χ1n) is 11.6. The molecule has 0 amide bonds. The second-order valence-electron chi connectivity index (χ2n) is 9.33. The van der Waals surface area contributed by atoms with E-state index in [9.17, 15) is 5.11 Å². The van der Waals surface area contributed by atoms with Gasteiger partial charge in [0.1, 0.15) is 23.2 Å². The van der Waals surface area contributed by atoms with Crippen LogP contribution in [0.2, 0.25) is 0 Å². The van der Waals surface area contributed by atoms with E-state index >= 15 is 0 Å². The quantitative estimate of drug-likeness (QED) is 0.422. The number of aliphatic hydroxyl groups excluding tert-OH is 1. The van der Waals surface area contributed by atoms with Gasteiger partial charge in [-0.3, -0.25) is 10.00 Å². The summed E-state index contributed by atoms with van der Waals surface area (Å²) in [6.45, 7) is 5.72. The number of anilines is 2. The number of aromatic amines is 1. The predicted molar refractivity (Wildman–Crippen MR) is 130 cm³/mol. The molecule has 1 aliphatic carbocycles. The van der Waals surface area contributed by atoms with E-state index in [1.165, 1.54) is 10.4 Å². The Bertz CT molecular complexity index is 1290. The molecular formula is C24H28N6O2S. The Hall–Kier alpha value is -2.59. The third kappa shape index (κ3) is 3.89. The number of hydrogen-bond acceptors (Lipinski definition) is 8. The third-order valence-corrected chi connectivity index (χ3v) is 7.99.